The first-order chi connectivity index (χ1) is 10.2. The van der Waals surface area contributed by atoms with Gasteiger partial charge in [0.05, 0.1) is 11.2 Å². The summed E-state index contributed by atoms with van der Waals surface area (Å²) in [6.07, 6.45) is 1.59. The van der Waals surface area contributed by atoms with E-state index in [2.05, 4.69) is 33.1 Å². The Bertz CT molecular complexity index is 662. The molecule has 4 nitrogen and oxygen atoms in total. The van der Waals surface area contributed by atoms with Gasteiger partial charge in [-0.3, -0.25) is 4.79 Å². The molecule has 108 valence electrons. The van der Waals surface area contributed by atoms with E-state index in [0.29, 0.717) is 10.8 Å². The summed E-state index contributed by atoms with van der Waals surface area (Å²) >= 11 is 8.12. The Labute approximate surface area is 141 Å². The van der Waals surface area contributed by atoms with Crippen LogP contribution >= 0.6 is 34.2 Å². The molecule has 2 rings (SSSR count). The van der Waals surface area contributed by atoms with E-state index in [9.17, 15) is 4.79 Å². The molecule has 0 radical (unpaired) electrons. The molecule has 0 spiro atoms. The van der Waals surface area contributed by atoms with Crippen LogP contribution in [0.1, 0.15) is 5.56 Å². The number of carbonyl (C=O) groups is 1. The smallest absolute Gasteiger partial charge is 0.277 e. The third-order valence-electron chi connectivity index (χ3n) is 2.49. The van der Waals surface area contributed by atoms with Gasteiger partial charge in [0.25, 0.3) is 5.91 Å². The largest absolute Gasteiger partial charge is 0.482 e. The van der Waals surface area contributed by atoms with E-state index in [4.69, 9.17) is 16.3 Å². The average Bonchev–Trinajstić information content (AvgIpc) is 2.48. The van der Waals surface area contributed by atoms with Crippen LogP contribution in [-0.2, 0) is 4.79 Å². The molecule has 0 atom stereocenters. The first kappa shape index (κ1) is 15.8. The minimum Gasteiger partial charge on any atom is -0.482 e. The molecular weight excluding hydrogens is 403 g/mol. The van der Waals surface area contributed by atoms with E-state index in [0.717, 1.165) is 9.13 Å². The van der Waals surface area contributed by atoms with Crippen molar-refractivity contribution in [1.29, 1.82) is 0 Å². The lowest BCUT2D eigenvalue weighted by Gasteiger charge is -2.06. The molecular formula is C15H12ClIN2O2. The number of rotatable bonds is 5. The SMILES string of the molecule is O=C(COc1ccccc1Cl)N/N=C/c1ccccc1I. The minimum absolute atomic E-state index is 0.146. The number of nitrogens with zero attached hydrogens (tertiary/aromatic N) is 1. The highest BCUT2D eigenvalue weighted by atomic mass is 127. The number of halogens is 2. The Morgan fingerprint density at radius 3 is 2.71 bits per heavy atom. The minimum atomic E-state index is -0.350. The highest BCUT2D eigenvalue weighted by Crippen LogP contribution is 2.22. The quantitative estimate of drug-likeness (QED) is 0.463. The van der Waals surface area contributed by atoms with E-state index in [1.165, 1.54) is 0 Å². The molecule has 0 aliphatic heterocycles. The summed E-state index contributed by atoms with van der Waals surface area (Å²) in [5.74, 6) is 0.119. The molecule has 2 aromatic carbocycles. The Morgan fingerprint density at radius 1 is 1.24 bits per heavy atom. The Balaban J connectivity index is 1.83. The average molecular weight is 415 g/mol. The Kier molecular flexibility index (Phi) is 6.01. The van der Waals surface area contributed by atoms with Crippen LogP contribution in [-0.4, -0.2) is 18.7 Å². The summed E-state index contributed by atoms with van der Waals surface area (Å²) in [4.78, 5) is 11.6. The predicted octanol–water partition coefficient (Wildman–Crippen LogP) is 3.47. The van der Waals surface area contributed by atoms with Gasteiger partial charge in [-0.2, -0.15) is 5.10 Å². The zero-order valence-corrected chi connectivity index (χ0v) is 13.8. The van der Waals surface area contributed by atoms with Crippen molar-refractivity contribution in [2.75, 3.05) is 6.61 Å². The van der Waals surface area contributed by atoms with E-state index in [1.807, 2.05) is 24.3 Å². The van der Waals surface area contributed by atoms with Crippen molar-refractivity contribution in [3.63, 3.8) is 0 Å². The fourth-order valence-corrected chi connectivity index (χ4v) is 2.21. The summed E-state index contributed by atoms with van der Waals surface area (Å²) in [7, 11) is 0. The van der Waals surface area contributed by atoms with Crippen LogP contribution in [0, 0.1) is 3.57 Å². The molecule has 0 bridgehead atoms. The Hall–Kier alpha value is -1.60. The number of carbonyl (C=O) groups excluding carboxylic acids is 1. The van der Waals surface area contributed by atoms with Gasteiger partial charge in [-0.25, -0.2) is 5.43 Å². The van der Waals surface area contributed by atoms with Gasteiger partial charge >= 0.3 is 0 Å². The van der Waals surface area contributed by atoms with Gasteiger partial charge in [-0.05, 0) is 40.8 Å². The normalized spacial score (nSPS) is 10.6. The van der Waals surface area contributed by atoms with Crippen LogP contribution in [0.4, 0.5) is 0 Å². The third-order valence-corrected chi connectivity index (χ3v) is 3.79. The zero-order chi connectivity index (χ0) is 15.1. The number of para-hydroxylation sites is 1. The van der Waals surface area contributed by atoms with Crippen molar-refractivity contribution in [3.8, 4) is 5.75 Å². The topological polar surface area (TPSA) is 50.7 Å². The van der Waals surface area contributed by atoms with Crippen molar-refractivity contribution in [3.05, 3.63) is 62.7 Å². The van der Waals surface area contributed by atoms with Crippen LogP contribution in [0.3, 0.4) is 0 Å². The van der Waals surface area contributed by atoms with Crippen molar-refractivity contribution in [1.82, 2.24) is 5.43 Å². The maximum Gasteiger partial charge on any atom is 0.277 e. The molecule has 2 aromatic rings. The molecule has 0 fully saturated rings. The fraction of sp³-hybridized carbons (Fsp3) is 0.0667. The van der Waals surface area contributed by atoms with Crippen LogP contribution in [0.25, 0.3) is 0 Å². The maximum absolute atomic E-state index is 11.6. The molecule has 0 saturated heterocycles. The maximum atomic E-state index is 11.6. The van der Waals surface area contributed by atoms with E-state index in [1.54, 1.807) is 30.5 Å². The zero-order valence-electron chi connectivity index (χ0n) is 10.9. The molecule has 1 amide bonds. The van der Waals surface area contributed by atoms with Gasteiger partial charge in [0.1, 0.15) is 5.75 Å². The molecule has 0 saturated carbocycles. The summed E-state index contributed by atoms with van der Waals surface area (Å²) in [6.45, 7) is -0.146. The van der Waals surface area contributed by atoms with Gasteiger partial charge in [0, 0.05) is 9.13 Å². The summed E-state index contributed by atoms with van der Waals surface area (Å²) in [5.41, 5.74) is 3.34. The molecule has 1 N–H and O–H groups in total. The van der Waals surface area contributed by atoms with Crippen molar-refractivity contribution in [2.45, 2.75) is 0 Å². The molecule has 6 heteroatoms. The number of nitrogens with one attached hydrogen (secondary N) is 1. The number of hydrogen-bond donors (Lipinski definition) is 1. The van der Waals surface area contributed by atoms with Gasteiger partial charge in [-0.1, -0.05) is 41.9 Å². The first-order valence-electron chi connectivity index (χ1n) is 6.10. The standard InChI is InChI=1S/C15H12ClIN2O2/c16-12-6-2-4-8-14(12)21-10-15(20)19-18-9-11-5-1-3-7-13(11)17/h1-9H,10H2,(H,19,20)/b18-9+. The van der Waals surface area contributed by atoms with Crippen molar-refractivity contribution < 1.29 is 9.53 Å². The van der Waals surface area contributed by atoms with Crippen molar-refractivity contribution >= 4 is 46.3 Å². The van der Waals surface area contributed by atoms with E-state index < -0.39 is 0 Å². The highest BCUT2D eigenvalue weighted by Gasteiger charge is 2.04. The lowest BCUT2D eigenvalue weighted by atomic mass is 10.2. The second-order valence-corrected chi connectivity index (χ2v) is 5.60. The van der Waals surface area contributed by atoms with Gasteiger partial charge in [0.2, 0.25) is 0 Å². The third kappa shape index (κ3) is 5.02. The van der Waals surface area contributed by atoms with Crippen LogP contribution in [0.5, 0.6) is 5.75 Å². The molecule has 0 unspecified atom stereocenters. The summed E-state index contributed by atoms with van der Waals surface area (Å²) in [6, 6.07) is 14.7. The van der Waals surface area contributed by atoms with E-state index in [-0.39, 0.29) is 12.5 Å². The van der Waals surface area contributed by atoms with Crippen LogP contribution in [0.2, 0.25) is 5.02 Å². The molecule has 0 aromatic heterocycles. The lowest BCUT2D eigenvalue weighted by Crippen LogP contribution is -2.24. The monoisotopic (exact) mass is 414 g/mol. The summed E-state index contributed by atoms with van der Waals surface area (Å²) in [5, 5.41) is 4.36. The molecule has 21 heavy (non-hydrogen) atoms. The van der Waals surface area contributed by atoms with Gasteiger partial charge in [-0.15, -0.1) is 0 Å². The van der Waals surface area contributed by atoms with Crippen LogP contribution in [0.15, 0.2) is 53.6 Å². The summed E-state index contributed by atoms with van der Waals surface area (Å²) < 4.78 is 6.36. The highest BCUT2D eigenvalue weighted by molar-refractivity contribution is 14.1. The van der Waals surface area contributed by atoms with Gasteiger partial charge in [0.15, 0.2) is 6.61 Å². The second kappa shape index (κ2) is 7.99. The molecule has 0 aliphatic carbocycles. The Morgan fingerprint density at radius 2 is 1.95 bits per heavy atom. The van der Waals surface area contributed by atoms with Gasteiger partial charge < -0.3 is 4.74 Å². The lowest BCUT2D eigenvalue weighted by molar-refractivity contribution is -0.123. The number of hydrogen-bond acceptors (Lipinski definition) is 3. The number of hydrazone groups is 1. The fourth-order valence-electron chi connectivity index (χ4n) is 1.49. The van der Waals surface area contributed by atoms with Crippen molar-refractivity contribution in [2.24, 2.45) is 5.10 Å². The number of ether oxygens (including phenoxy) is 1. The molecule has 0 aliphatic rings. The number of amides is 1. The number of benzene rings is 2. The van der Waals surface area contributed by atoms with Crippen LogP contribution < -0.4 is 10.2 Å². The predicted molar refractivity (Wildman–Crippen MR) is 91.8 cm³/mol. The second-order valence-electron chi connectivity index (χ2n) is 4.03. The first-order valence-corrected chi connectivity index (χ1v) is 7.56. The van der Waals surface area contributed by atoms with E-state index >= 15 is 0 Å². The molecule has 0 heterocycles.